The Labute approximate surface area is 168 Å². The number of halogens is 1. The van der Waals surface area contributed by atoms with Crippen LogP contribution in [0.3, 0.4) is 0 Å². The van der Waals surface area contributed by atoms with Gasteiger partial charge in [-0.05, 0) is 57.2 Å². The van der Waals surface area contributed by atoms with Gasteiger partial charge in [0.25, 0.3) is 11.7 Å². The fourth-order valence-electron chi connectivity index (χ4n) is 3.16. The molecule has 5 nitrogen and oxygen atoms in total. The van der Waals surface area contributed by atoms with E-state index in [1.807, 2.05) is 43.5 Å². The van der Waals surface area contributed by atoms with Gasteiger partial charge in [-0.25, -0.2) is 0 Å². The molecule has 0 unspecified atom stereocenters. The second kappa shape index (κ2) is 8.31. The van der Waals surface area contributed by atoms with Gasteiger partial charge in [0.05, 0.1) is 12.3 Å². The number of nitrogens with one attached hydrogen (secondary N) is 1. The van der Waals surface area contributed by atoms with Crippen LogP contribution in [0.4, 0.5) is 5.69 Å². The summed E-state index contributed by atoms with van der Waals surface area (Å²) in [7, 11) is 0. The number of para-hydroxylation sites is 2. The Hall–Kier alpha value is -3.05. The summed E-state index contributed by atoms with van der Waals surface area (Å²) >= 11 is 6.09. The van der Waals surface area contributed by atoms with E-state index < -0.39 is 11.7 Å². The molecule has 0 aliphatic carbocycles. The van der Waals surface area contributed by atoms with Gasteiger partial charge in [-0.1, -0.05) is 29.8 Å². The fraction of sp³-hybridized carbons (Fsp3) is 0.182. The van der Waals surface area contributed by atoms with Crippen molar-refractivity contribution in [2.45, 2.75) is 20.8 Å². The van der Waals surface area contributed by atoms with Gasteiger partial charge in [-0.15, -0.1) is 0 Å². The average molecular weight is 397 g/mol. The van der Waals surface area contributed by atoms with E-state index >= 15 is 0 Å². The van der Waals surface area contributed by atoms with Crippen molar-refractivity contribution in [2.75, 3.05) is 11.9 Å². The maximum Gasteiger partial charge on any atom is 0.296 e. The lowest BCUT2D eigenvalue weighted by molar-refractivity contribution is -0.112. The molecule has 0 spiro atoms. The van der Waals surface area contributed by atoms with Crippen LogP contribution in [0.1, 0.15) is 28.7 Å². The third kappa shape index (κ3) is 3.94. The minimum absolute atomic E-state index is 0.351. The molecule has 0 fully saturated rings. The number of ketones is 1. The van der Waals surface area contributed by atoms with E-state index in [2.05, 4.69) is 5.32 Å². The van der Waals surface area contributed by atoms with Crippen molar-refractivity contribution in [3.63, 3.8) is 0 Å². The Kier molecular flexibility index (Phi) is 5.85. The third-order valence-corrected chi connectivity index (χ3v) is 4.62. The quantitative estimate of drug-likeness (QED) is 0.472. The molecule has 3 aromatic rings. The number of carbonyl (C=O) groups excluding carboxylic acids is 2. The van der Waals surface area contributed by atoms with E-state index in [0.717, 1.165) is 11.4 Å². The molecule has 0 aliphatic heterocycles. The summed E-state index contributed by atoms with van der Waals surface area (Å²) in [4.78, 5) is 25.4. The normalized spacial score (nSPS) is 10.6. The topological polar surface area (TPSA) is 60.3 Å². The van der Waals surface area contributed by atoms with Crippen molar-refractivity contribution < 1.29 is 14.3 Å². The van der Waals surface area contributed by atoms with Crippen LogP contribution in [-0.2, 0) is 4.79 Å². The van der Waals surface area contributed by atoms with Gasteiger partial charge in [-0.2, -0.15) is 0 Å². The summed E-state index contributed by atoms with van der Waals surface area (Å²) in [5, 5.41) is 3.25. The maximum absolute atomic E-state index is 12.8. The highest BCUT2D eigenvalue weighted by Gasteiger charge is 2.23. The first-order chi connectivity index (χ1) is 13.4. The van der Waals surface area contributed by atoms with E-state index in [9.17, 15) is 9.59 Å². The first-order valence-electron chi connectivity index (χ1n) is 8.94. The van der Waals surface area contributed by atoms with Crippen LogP contribution in [0.2, 0.25) is 5.02 Å². The predicted molar refractivity (Wildman–Crippen MR) is 111 cm³/mol. The lowest BCUT2D eigenvalue weighted by atomic mass is 10.1. The highest BCUT2D eigenvalue weighted by Crippen LogP contribution is 2.26. The Morgan fingerprint density at radius 1 is 1.07 bits per heavy atom. The number of benzene rings is 2. The number of hydrogen-bond donors (Lipinski definition) is 1. The number of anilines is 1. The summed E-state index contributed by atoms with van der Waals surface area (Å²) in [5.74, 6) is -0.790. The molecule has 0 aliphatic rings. The molecule has 0 radical (unpaired) electrons. The molecule has 2 aromatic carbocycles. The molecule has 0 saturated carbocycles. The number of rotatable bonds is 6. The molecule has 3 rings (SSSR count). The van der Waals surface area contributed by atoms with Crippen LogP contribution in [0.15, 0.2) is 54.6 Å². The number of ether oxygens (including phenoxy) is 1. The minimum atomic E-state index is -0.710. The Balaban J connectivity index is 1.89. The molecule has 0 atom stereocenters. The van der Waals surface area contributed by atoms with Crippen LogP contribution < -0.4 is 10.1 Å². The molecular formula is C22H21ClN2O3. The largest absolute Gasteiger partial charge is 0.492 e. The van der Waals surface area contributed by atoms with Gasteiger partial charge in [0.2, 0.25) is 0 Å². The molecule has 1 N–H and O–H groups in total. The molecule has 0 bridgehead atoms. The molecule has 144 valence electrons. The van der Waals surface area contributed by atoms with Crippen molar-refractivity contribution >= 4 is 29.0 Å². The summed E-state index contributed by atoms with van der Waals surface area (Å²) in [6.45, 7) is 6.01. The first kappa shape index (κ1) is 19.7. The number of carbonyl (C=O) groups is 2. The Morgan fingerprint density at radius 3 is 2.54 bits per heavy atom. The zero-order valence-corrected chi connectivity index (χ0v) is 16.7. The van der Waals surface area contributed by atoms with Crippen molar-refractivity contribution in [3.8, 4) is 11.4 Å². The van der Waals surface area contributed by atoms with Crippen molar-refractivity contribution in [1.82, 2.24) is 4.57 Å². The first-order valence-corrected chi connectivity index (χ1v) is 9.32. The van der Waals surface area contributed by atoms with Crippen molar-refractivity contribution in [2.24, 2.45) is 0 Å². The zero-order valence-electron chi connectivity index (χ0n) is 16.0. The summed E-state index contributed by atoms with van der Waals surface area (Å²) in [5.41, 5.74) is 3.17. The second-order valence-corrected chi connectivity index (χ2v) is 6.75. The minimum Gasteiger partial charge on any atom is -0.492 e. The molecule has 1 heterocycles. The number of hydrogen-bond acceptors (Lipinski definition) is 3. The van der Waals surface area contributed by atoms with Crippen LogP contribution in [-0.4, -0.2) is 22.9 Å². The molecule has 0 saturated heterocycles. The van der Waals surface area contributed by atoms with E-state index in [4.69, 9.17) is 16.3 Å². The maximum atomic E-state index is 12.8. The van der Waals surface area contributed by atoms with Crippen LogP contribution >= 0.6 is 11.6 Å². The highest BCUT2D eigenvalue weighted by atomic mass is 35.5. The second-order valence-electron chi connectivity index (χ2n) is 6.31. The summed E-state index contributed by atoms with van der Waals surface area (Å²) in [6.07, 6.45) is 0. The van der Waals surface area contributed by atoms with E-state index in [-0.39, 0.29) is 0 Å². The van der Waals surface area contributed by atoms with E-state index in [0.29, 0.717) is 34.3 Å². The van der Waals surface area contributed by atoms with Crippen molar-refractivity contribution in [3.05, 3.63) is 76.6 Å². The number of amides is 1. The number of nitrogens with zero attached hydrogens (tertiary/aromatic N) is 1. The van der Waals surface area contributed by atoms with E-state index in [1.54, 1.807) is 36.4 Å². The Bertz CT molecular complexity index is 1040. The number of aryl methyl sites for hydroxylation is 1. The van der Waals surface area contributed by atoms with Crippen molar-refractivity contribution in [1.29, 1.82) is 0 Å². The van der Waals surface area contributed by atoms with Gasteiger partial charge in [-0.3, -0.25) is 9.59 Å². The molecule has 28 heavy (non-hydrogen) atoms. The van der Waals surface area contributed by atoms with Gasteiger partial charge in [0.1, 0.15) is 5.75 Å². The third-order valence-electron chi connectivity index (χ3n) is 4.38. The summed E-state index contributed by atoms with van der Waals surface area (Å²) in [6, 6.07) is 16.1. The van der Waals surface area contributed by atoms with Crippen LogP contribution in [0.5, 0.6) is 5.75 Å². The lowest BCUT2D eigenvalue weighted by Crippen LogP contribution is -2.23. The van der Waals surface area contributed by atoms with Gasteiger partial charge < -0.3 is 14.6 Å². The number of aromatic nitrogens is 1. The highest BCUT2D eigenvalue weighted by molar-refractivity contribution is 6.47. The van der Waals surface area contributed by atoms with Crippen LogP contribution in [0, 0.1) is 13.8 Å². The van der Waals surface area contributed by atoms with Crippen LogP contribution in [0.25, 0.3) is 5.69 Å². The SMILES string of the molecule is CCOc1ccccc1NC(=O)C(=O)c1cc(C)n(-c2cccc(Cl)c2)c1C. The lowest BCUT2D eigenvalue weighted by Gasteiger charge is -2.11. The average Bonchev–Trinajstić information content (AvgIpc) is 2.97. The van der Waals surface area contributed by atoms with Gasteiger partial charge in [0.15, 0.2) is 0 Å². The predicted octanol–water partition coefficient (Wildman–Crippen LogP) is 4.97. The smallest absolute Gasteiger partial charge is 0.296 e. The molecular weight excluding hydrogens is 376 g/mol. The number of Topliss-reactive ketones (excluding diaryl/α,β-unsaturated/α-hetero) is 1. The van der Waals surface area contributed by atoms with Gasteiger partial charge >= 0.3 is 0 Å². The standard InChI is InChI=1S/C22H21ClN2O3/c1-4-28-20-11-6-5-10-19(20)24-22(27)21(26)18-12-14(2)25(15(18)3)17-9-7-8-16(23)13-17/h5-13H,4H2,1-3H3,(H,24,27). The molecule has 1 aromatic heterocycles. The fourth-order valence-corrected chi connectivity index (χ4v) is 3.34. The van der Waals surface area contributed by atoms with E-state index in [1.165, 1.54) is 0 Å². The zero-order chi connectivity index (χ0) is 20.3. The Morgan fingerprint density at radius 2 is 1.82 bits per heavy atom. The molecule has 6 heteroatoms. The monoisotopic (exact) mass is 396 g/mol. The van der Waals surface area contributed by atoms with Gasteiger partial charge in [0, 0.05) is 27.7 Å². The molecule has 1 amide bonds. The summed E-state index contributed by atoms with van der Waals surface area (Å²) < 4.78 is 7.40.